The number of ether oxygens (including phenoxy) is 1. The Kier molecular flexibility index (Phi) is 4.13. The minimum absolute atomic E-state index is 0.540. The van der Waals surface area contributed by atoms with Crippen LogP contribution >= 0.6 is 11.8 Å². The quantitative estimate of drug-likeness (QED) is 0.385. The molecule has 0 aliphatic heterocycles. The van der Waals surface area contributed by atoms with E-state index in [1.54, 1.807) is 6.92 Å². The summed E-state index contributed by atoms with van der Waals surface area (Å²) in [6.45, 7) is 1.75. The maximum atomic E-state index is 10.4. The Hall–Kier alpha value is -0.510. The maximum Gasteiger partial charge on any atom is 0.434 e. The Balaban J connectivity index is 3.79. The molecule has 0 aliphatic carbocycles. The van der Waals surface area contributed by atoms with Crippen molar-refractivity contribution in [2.75, 3.05) is 13.4 Å². The number of thioether (sulfide) groups is 1. The van der Waals surface area contributed by atoms with Crippen molar-refractivity contribution in [3.8, 4) is 0 Å². The second kappa shape index (κ2) is 4.38. The molecule has 0 rings (SSSR count). The first kappa shape index (κ1) is 8.49. The van der Waals surface area contributed by atoms with E-state index in [2.05, 4.69) is 9.73 Å². The lowest BCUT2D eigenvalue weighted by atomic mass is 10.8. The average Bonchev–Trinajstić information content (AvgIpc) is 1.87. The zero-order valence-electron chi connectivity index (χ0n) is 5.67. The van der Waals surface area contributed by atoms with Crippen LogP contribution in [0.2, 0.25) is 0 Å². The number of hydrogen-bond donors (Lipinski definition) is 0. The molecule has 0 aromatic heterocycles. The lowest BCUT2D eigenvalue weighted by Crippen LogP contribution is -1.95. The SMILES string of the molecule is COC(=O)N=C(C)SC. The first-order valence-corrected chi connectivity index (χ1v) is 3.60. The van der Waals surface area contributed by atoms with Crippen LogP contribution in [0.25, 0.3) is 0 Å². The molecule has 0 aromatic carbocycles. The van der Waals surface area contributed by atoms with E-state index in [1.807, 2.05) is 6.26 Å². The molecule has 0 radical (unpaired) electrons. The molecule has 0 aliphatic rings. The van der Waals surface area contributed by atoms with Gasteiger partial charge in [0.05, 0.1) is 12.2 Å². The molecule has 0 heterocycles. The zero-order chi connectivity index (χ0) is 7.28. The fourth-order valence-electron chi connectivity index (χ4n) is 0.220. The van der Waals surface area contributed by atoms with Crippen LogP contribution in [-0.2, 0) is 4.74 Å². The number of amides is 1. The molecule has 0 unspecified atom stereocenters. The van der Waals surface area contributed by atoms with Crippen LogP contribution in [0, 0.1) is 0 Å². The van der Waals surface area contributed by atoms with Crippen LogP contribution in [0.1, 0.15) is 6.92 Å². The fraction of sp³-hybridized carbons (Fsp3) is 0.600. The van der Waals surface area contributed by atoms with Gasteiger partial charge in [0.15, 0.2) is 0 Å². The van der Waals surface area contributed by atoms with E-state index in [0.29, 0.717) is 5.04 Å². The van der Waals surface area contributed by atoms with Gasteiger partial charge in [0.2, 0.25) is 0 Å². The number of carbonyl (C=O) groups excluding carboxylic acids is 1. The summed E-state index contributed by atoms with van der Waals surface area (Å²) < 4.78 is 4.28. The zero-order valence-corrected chi connectivity index (χ0v) is 6.49. The van der Waals surface area contributed by atoms with Crippen LogP contribution in [0.5, 0.6) is 0 Å². The number of nitrogens with zero attached hydrogens (tertiary/aromatic N) is 1. The second-order valence-corrected chi connectivity index (χ2v) is 2.30. The highest BCUT2D eigenvalue weighted by molar-refractivity contribution is 8.13. The van der Waals surface area contributed by atoms with Gasteiger partial charge in [-0.05, 0) is 13.2 Å². The molecule has 0 N–H and O–H groups in total. The van der Waals surface area contributed by atoms with Crippen LogP contribution in [-0.4, -0.2) is 24.5 Å². The third-order valence-corrected chi connectivity index (χ3v) is 1.40. The molecule has 0 bridgehead atoms. The molecule has 0 aromatic rings. The molecule has 0 fully saturated rings. The Bertz CT molecular complexity index is 133. The first-order valence-electron chi connectivity index (χ1n) is 2.38. The summed E-state index contributed by atoms with van der Waals surface area (Å²) in [7, 11) is 1.30. The largest absolute Gasteiger partial charge is 0.451 e. The van der Waals surface area contributed by atoms with Crippen LogP contribution in [0.15, 0.2) is 4.99 Å². The lowest BCUT2D eigenvalue weighted by Gasteiger charge is -1.91. The summed E-state index contributed by atoms with van der Waals surface area (Å²) in [6, 6.07) is 0. The molecule has 0 saturated heterocycles. The molecule has 4 heteroatoms. The third-order valence-electron chi connectivity index (χ3n) is 0.719. The first-order chi connectivity index (χ1) is 4.20. The minimum atomic E-state index is -0.540. The molecule has 52 valence electrons. The highest BCUT2D eigenvalue weighted by Crippen LogP contribution is 1.96. The van der Waals surface area contributed by atoms with Gasteiger partial charge >= 0.3 is 6.09 Å². The maximum absolute atomic E-state index is 10.4. The van der Waals surface area contributed by atoms with Crippen molar-refractivity contribution in [1.82, 2.24) is 0 Å². The summed E-state index contributed by atoms with van der Waals surface area (Å²) in [5.74, 6) is 0. The fourth-order valence-corrected chi connectivity index (χ4v) is 0.386. The van der Waals surface area contributed by atoms with E-state index in [1.165, 1.54) is 18.9 Å². The second-order valence-electron chi connectivity index (χ2n) is 1.30. The van der Waals surface area contributed by atoms with Gasteiger partial charge in [-0.3, -0.25) is 0 Å². The van der Waals surface area contributed by atoms with Gasteiger partial charge in [0.1, 0.15) is 0 Å². The van der Waals surface area contributed by atoms with E-state index in [0.717, 1.165) is 0 Å². The summed E-state index contributed by atoms with van der Waals surface area (Å²) in [5.41, 5.74) is 0. The number of methoxy groups -OCH3 is 1. The van der Waals surface area contributed by atoms with Crippen LogP contribution < -0.4 is 0 Å². The van der Waals surface area contributed by atoms with E-state index in [4.69, 9.17) is 0 Å². The van der Waals surface area contributed by atoms with E-state index in [-0.39, 0.29) is 0 Å². The predicted octanol–water partition coefficient (Wildman–Crippen LogP) is 1.53. The molecular formula is C5H9NO2S. The highest BCUT2D eigenvalue weighted by Gasteiger charge is 1.94. The van der Waals surface area contributed by atoms with Gasteiger partial charge in [0, 0.05) is 0 Å². The van der Waals surface area contributed by atoms with Crippen LogP contribution in [0.3, 0.4) is 0 Å². The third kappa shape index (κ3) is 4.02. The van der Waals surface area contributed by atoms with Gasteiger partial charge < -0.3 is 4.74 Å². The Labute approximate surface area is 58.5 Å². The lowest BCUT2D eigenvalue weighted by molar-refractivity contribution is 0.182. The predicted molar refractivity (Wildman–Crippen MR) is 39.0 cm³/mol. The molecule has 3 nitrogen and oxygen atoms in total. The molecule has 0 spiro atoms. The Morgan fingerprint density at radius 2 is 2.22 bits per heavy atom. The van der Waals surface area contributed by atoms with Gasteiger partial charge in [-0.15, -0.1) is 11.8 Å². The van der Waals surface area contributed by atoms with Gasteiger partial charge in [0.25, 0.3) is 0 Å². The average molecular weight is 147 g/mol. The smallest absolute Gasteiger partial charge is 0.434 e. The molecule has 0 saturated carbocycles. The Morgan fingerprint density at radius 1 is 1.67 bits per heavy atom. The van der Waals surface area contributed by atoms with Crippen molar-refractivity contribution >= 4 is 22.9 Å². The monoisotopic (exact) mass is 147 g/mol. The molecule has 9 heavy (non-hydrogen) atoms. The van der Waals surface area contributed by atoms with Crippen molar-refractivity contribution in [2.45, 2.75) is 6.92 Å². The van der Waals surface area contributed by atoms with Crippen LogP contribution in [0.4, 0.5) is 4.79 Å². The topological polar surface area (TPSA) is 38.7 Å². The minimum Gasteiger partial charge on any atom is -0.451 e. The summed E-state index contributed by atoms with van der Waals surface area (Å²) in [6.07, 6.45) is 1.31. The standard InChI is InChI=1S/C5H9NO2S/c1-4(9-3)6-5(7)8-2/h1-3H3. The normalized spacial score (nSPS) is 11.2. The number of rotatable bonds is 0. The number of aliphatic imine (C=N–C) groups is 1. The Morgan fingerprint density at radius 3 is 2.56 bits per heavy atom. The van der Waals surface area contributed by atoms with Gasteiger partial charge in [-0.25, -0.2) is 4.79 Å². The molecule has 1 amide bonds. The van der Waals surface area contributed by atoms with E-state index < -0.39 is 6.09 Å². The van der Waals surface area contributed by atoms with Crippen molar-refractivity contribution in [3.63, 3.8) is 0 Å². The van der Waals surface area contributed by atoms with Crippen molar-refractivity contribution in [1.29, 1.82) is 0 Å². The van der Waals surface area contributed by atoms with E-state index in [9.17, 15) is 4.79 Å². The molecule has 0 atom stereocenters. The van der Waals surface area contributed by atoms with Crippen molar-refractivity contribution in [2.24, 2.45) is 4.99 Å². The summed E-state index contributed by atoms with van der Waals surface area (Å²) in [5, 5.41) is 0.710. The van der Waals surface area contributed by atoms with Crippen molar-refractivity contribution in [3.05, 3.63) is 0 Å². The van der Waals surface area contributed by atoms with E-state index >= 15 is 0 Å². The highest BCUT2D eigenvalue weighted by atomic mass is 32.2. The number of carbonyl (C=O) groups is 1. The van der Waals surface area contributed by atoms with Gasteiger partial charge in [-0.1, -0.05) is 0 Å². The molecular weight excluding hydrogens is 138 g/mol. The van der Waals surface area contributed by atoms with Crippen molar-refractivity contribution < 1.29 is 9.53 Å². The van der Waals surface area contributed by atoms with Gasteiger partial charge in [-0.2, -0.15) is 4.99 Å². The summed E-state index contributed by atoms with van der Waals surface area (Å²) in [4.78, 5) is 13.9. The summed E-state index contributed by atoms with van der Waals surface area (Å²) >= 11 is 1.42. The number of hydrogen-bond acceptors (Lipinski definition) is 3.